The van der Waals surface area contributed by atoms with Crippen LogP contribution in [0.25, 0.3) is 16.7 Å². The fraction of sp³-hybridized carbons (Fsp3) is 0.190. The third-order valence-electron chi connectivity index (χ3n) is 5.55. The van der Waals surface area contributed by atoms with E-state index in [0.717, 1.165) is 4.68 Å². The molecule has 0 unspecified atom stereocenters. The largest absolute Gasteiger partial charge is 0.454 e. The zero-order chi connectivity index (χ0) is 24.2. The Bertz CT molecular complexity index is 1590. The normalized spacial score (nSPS) is 14.4. The second-order valence-electron chi connectivity index (χ2n) is 7.64. The summed E-state index contributed by atoms with van der Waals surface area (Å²) < 4.78 is 35.3. The van der Waals surface area contributed by atoms with Crippen LogP contribution in [0.3, 0.4) is 0 Å². The quantitative estimate of drug-likeness (QED) is 0.438. The van der Waals surface area contributed by atoms with E-state index in [1.807, 2.05) is 4.98 Å². The molecule has 2 aromatic carbocycles. The molecule has 1 fully saturated rings. The minimum absolute atomic E-state index is 0.000700. The van der Waals surface area contributed by atoms with Crippen molar-refractivity contribution >= 4 is 34.2 Å². The van der Waals surface area contributed by atoms with E-state index in [-0.39, 0.29) is 27.2 Å². The first-order valence-corrected chi connectivity index (χ1v) is 10.6. The number of imidazole rings is 1. The molecule has 1 aliphatic carbocycles. The van der Waals surface area contributed by atoms with Crippen LogP contribution in [0.2, 0.25) is 10.0 Å². The van der Waals surface area contributed by atoms with Gasteiger partial charge in [-0.1, -0.05) is 23.2 Å². The lowest BCUT2D eigenvalue weighted by Gasteiger charge is -2.17. The van der Waals surface area contributed by atoms with Crippen LogP contribution < -0.4 is 16.0 Å². The highest BCUT2D eigenvalue weighted by Crippen LogP contribution is 2.50. The van der Waals surface area contributed by atoms with Gasteiger partial charge in [-0.2, -0.15) is 9.94 Å². The Labute approximate surface area is 198 Å². The summed E-state index contributed by atoms with van der Waals surface area (Å²) in [6, 6.07) is 9.01. The van der Waals surface area contributed by atoms with Crippen LogP contribution in [0.15, 0.2) is 46.2 Å². The van der Waals surface area contributed by atoms with Crippen molar-refractivity contribution in [3.63, 3.8) is 0 Å². The molecule has 5 rings (SSSR count). The molecule has 1 saturated carbocycles. The minimum Gasteiger partial charge on any atom is -0.454 e. The van der Waals surface area contributed by atoms with Crippen LogP contribution >= 0.6 is 23.2 Å². The van der Waals surface area contributed by atoms with Gasteiger partial charge in [0.05, 0.1) is 33.1 Å². The van der Waals surface area contributed by atoms with Crippen molar-refractivity contribution in [3.8, 4) is 23.3 Å². The molecule has 0 atom stereocenters. The summed E-state index contributed by atoms with van der Waals surface area (Å²) in [7, 11) is 0. The standard InChI is InChI=1S/C21H12Cl2F2N6O3/c22-12-5-10(31-20(33)28-18(32)15(8-26)29-31)6-13(23)17(12)34-11-1-2-14-16(7-11)30(9-27-14)21(3-4-21)19(24)25/h1-2,5-7,9,19H,3-4H2,(H,28,32,33). The molecular formula is C21H12Cl2F2N6O3. The van der Waals surface area contributed by atoms with Crippen molar-refractivity contribution in [2.24, 2.45) is 0 Å². The highest BCUT2D eigenvalue weighted by atomic mass is 35.5. The Hall–Kier alpha value is -3.75. The summed E-state index contributed by atoms with van der Waals surface area (Å²) >= 11 is 12.7. The summed E-state index contributed by atoms with van der Waals surface area (Å²) in [5.41, 5.74) is -2.50. The van der Waals surface area contributed by atoms with E-state index < -0.39 is 28.9 Å². The smallest absolute Gasteiger partial charge is 0.349 e. The number of rotatable bonds is 5. The fourth-order valence-corrected chi connectivity index (χ4v) is 4.18. The maximum Gasteiger partial charge on any atom is 0.349 e. The van der Waals surface area contributed by atoms with E-state index in [2.05, 4.69) is 10.1 Å². The first-order valence-electron chi connectivity index (χ1n) is 9.80. The Balaban J connectivity index is 1.52. The number of aromatic amines is 1. The topological polar surface area (TPSA) is 119 Å². The van der Waals surface area contributed by atoms with E-state index in [4.69, 9.17) is 33.2 Å². The first kappa shape index (κ1) is 22.1. The number of alkyl halides is 2. The number of hydrogen-bond acceptors (Lipinski definition) is 6. The second kappa shape index (κ2) is 7.93. The Morgan fingerprint density at radius 3 is 2.50 bits per heavy atom. The molecule has 0 amide bonds. The van der Waals surface area contributed by atoms with E-state index in [1.165, 1.54) is 23.0 Å². The van der Waals surface area contributed by atoms with E-state index in [9.17, 15) is 18.4 Å². The maximum atomic E-state index is 13.6. The maximum absolute atomic E-state index is 13.6. The molecule has 0 aliphatic heterocycles. The van der Waals surface area contributed by atoms with Gasteiger partial charge in [0.25, 0.3) is 12.0 Å². The Morgan fingerprint density at radius 2 is 1.88 bits per heavy atom. The molecular weight excluding hydrogens is 493 g/mol. The molecule has 1 N–H and O–H groups in total. The van der Waals surface area contributed by atoms with Gasteiger partial charge >= 0.3 is 5.69 Å². The van der Waals surface area contributed by atoms with Crippen LogP contribution in [0.1, 0.15) is 18.5 Å². The van der Waals surface area contributed by atoms with E-state index in [1.54, 1.807) is 24.3 Å². The number of benzene rings is 2. The molecule has 9 nitrogen and oxygen atoms in total. The fourth-order valence-electron chi connectivity index (χ4n) is 3.63. The van der Waals surface area contributed by atoms with Gasteiger partial charge in [0.1, 0.15) is 17.4 Å². The molecule has 0 bridgehead atoms. The van der Waals surface area contributed by atoms with E-state index in [0.29, 0.717) is 23.9 Å². The van der Waals surface area contributed by atoms with Crippen LogP contribution in [-0.2, 0) is 5.54 Å². The third-order valence-corrected chi connectivity index (χ3v) is 6.11. The number of ether oxygens (including phenoxy) is 1. The van der Waals surface area contributed by atoms with Crippen molar-refractivity contribution in [3.05, 3.63) is 73.2 Å². The third kappa shape index (κ3) is 3.52. The molecule has 2 aromatic heterocycles. The predicted molar refractivity (Wildman–Crippen MR) is 118 cm³/mol. The number of nitrogens with zero attached hydrogens (tertiary/aromatic N) is 5. The van der Waals surface area contributed by atoms with Crippen molar-refractivity contribution in [2.45, 2.75) is 24.8 Å². The van der Waals surface area contributed by atoms with Crippen molar-refractivity contribution in [1.82, 2.24) is 24.3 Å². The van der Waals surface area contributed by atoms with Crippen LogP contribution in [0.5, 0.6) is 11.5 Å². The number of nitriles is 1. The molecule has 172 valence electrons. The van der Waals surface area contributed by atoms with Gasteiger partial charge in [0.15, 0.2) is 5.75 Å². The van der Waals surface area contributed by atoms with Crippen molar-refractivity contribution in [2.75, 3.05) is 0 Å². The van der Waals surface area contributed by atoms with Crippen molar-refractivity contribution < 1.29 is 13.5 Å². The van der Waals surface area contributed by atoms with Gasteiger partial charge < -0.3 is 9.30 Å². The Morgan fingerprint density at radius 1 is 1.18 bits per heavy atom. The number of fused-ring (bicyclic) bond motifs is 1. The van der Waals surface area contributed by atoms with E-state index >= 15 is 0 Å². The SMILES string of the molecule is N#Cc1nn(-c2cc(Cl)c(Oc3ccc4ncn(C5(C(F)F)CC5)c4c3)c(Cl)c2)c(=O)[nH]c1=O. The highest BCUT2D eigenvalue weighted by Gasteiger charge is 2.53. The Kier molecular flexibility index (Phi) is 5.15. The average Bonchev–Trinajstić information content (AvgIpc) is 3.50. The van der Waals surface area contributed by atoms with Gasteiger partial charge in [-0.15, -0.1) is 5.10 Å². The minimum atomic E-state index is -2.53. The first-order chi connectivity index (χ1) is 16.2. The summed E-state index contributed by atoms with van der Waals surface area (Å²) in [6.45, 7) is 0. The molecule has 4 aromatic rings. The van der Waals surface area contributed by atoms with Crippen molar-refractivity contribution in [1.29, 1.82) is 5.26 Å². The molecule has 0 radical (unpaired) electrons. The van der Waals surface area contributed by atoms with Crippen LogP contribution in [0.4, 0.5) is 8.78 Å². The van der Waals surface area contributed by atoms with Gasteiger partial charge in [-0.25, -0.2) is 18.6 Å². The highest BCUT2D eigenvalue weighted by molar-refractivity contribution is 6.37. The lowest BCUT2D eigenvalue weighted by atomic mass is 10.2. The van der Waals surface area contributed by atoms with Crippen LogP contribution in [0, 0.1) is 11.3 Å². The molecule has 0 saturated heterocycles. The zero-order valence-corrected chi connectivity index (χ0v) is 18.4. The van der Waals surface area contributed by atoms with Gasteiger partial charge in [0.2, 0.25) is 5.69 Å². The lowest BCUT2D eigenvalue weighted by molar-refractivity contribution is 0.0691. The summed E-state index contributed by atoms with van der Waals surface area (Å²) in [6.07, 6.45) is -0.428. The number of nitrogens with one attached hydrogen (secondary N) is 1. The summed E-state index contributed by atoms with van der Waals surface area (Å²) in [5.74, 6) is 0.326. The average molecular weight is 505 g/mol. The number of hydrogen-bond donors (Lipinski definition) is 1. The van der Waals surface area contributed by atoms with Gasteiger partial charge in [-0.05, 0) is 37.1 Å². The lowest BCUT2D eigenvalue weighted by Crippen LogP contribution is -2.33. The molecule has 34 heavy (non-hydrogen) atoms. The molecule has 1 aliphatic rings. The number of halogens is 4. The van der Waals surface area contributed by atoms with Crippen LogP contribution in [-0.4, -0.2) is 30.7 Å². The summed E-state index contributed by atoms with van der Waals surface area (Å²) in [4.78, 5) is 29.9. The molecule has 2 heterocycles. The number of H-pyrrole nitrogens is 1. The predicted octanol–water partition coefficient (Wildman–Crippen LogP) is 4.00. The zero-order valence-electron chi connectivity index (χ0n) is 16.9. The monoisotopic (exact) mass is 504 g/mol. The van der Waals surface area contributed by atoms with Gasteiger partial charge in [-0.3, -0.25) is 9.78 Å². The molecule has 13 heteroatoms. The van der Waals surface area contributed by atoms with Gasteiger partial charge in [0, 0.05) is 6.07 Å². The summed E-state index contributed by atoms with van der Waals surface area (Å²) in [5, 5.41) is 12.7. The number of aromatic nitrogens is 5. The molecule has 0 spiro atoms. The second-order valence-corrected chi connectivity index (χ2v) is 8.46.